The Balaban J connectivity index is 1.95. The molecule has 0 fully saturated rings. The number of nitrogens with zero attached hydrogens (tertiary/aromatic N) is 2. The Morgan fingerprint density at radius 2 is 2.25 bits per heavy atom. The molecule has 0 aliphatic carbocycles. The molecule has 4 heteroatoms. The van der Waals surface area contributed by atoms with Crippen LogP contribution in [0.2, 0.25) is 0 Å². The lowest BCUT2D eigenvalue weighted by atomic mass is 10.2. The molecule has 2 rings (SSSR count). The van der Waals surface area contributed by atoms with Gasteiger partial charge in [0.15, 0.2) is 0 Å². The predicted octanol–water partition coefficient (Wildman–Crippen LogP) is 3.06. The van der Waals surface area contributed by atoms with Gasteiger partial charge in [0.25, 0.3) is 0 Å². The van der Waals surface area contributed by atoms with Crippen LogP contribution in [0.4, 0.5) is 5.82 Å². The number of nitrogens with one attached hydrogen (secondary N) is 1. The van der Waals surface area contributed by atoms with Crippen molar-refractivity contribution in [3.63, 3.8) is 0 Å². The predicted molar refractivity (Wildman–Crippen MR) is 68.0 cm³/mol. The lowest BCUT2D eigenvalue weighted by molar-refractivity contribution is 0.791. The molecule has 0 saturated carbocycles. The maximum Gasteiger partial charge on any atom is 0.128 e. The van der Waals surface area contributed by atoms with Gasteiger partial charge in [0.05, 0.1) is 5.01 Å². The fourth-order valence-corrected chi connectivity index (χ4v) is 2.18. The minimum Gasteiger partial charge on any atom is -0.369 e. The van der Waals surface area contributed by atoms with E-state index in [4.69, 9.17) is 0 Å². The van der Waals surface area contributed by atoms with Gasteiger partial charge in [-0.2, -0.15) is 0 Å². The zero-order valence-corrected chi connectivity index (χ0v) is 10.3. The quantitative estimate of drug-likeness (QED) is 0.882. The molecule has 0 amide bonds. The van der Waals surface area contributed by atoms with Crippen molar-refractivity contribution in [1.82, 2.24) is 9.97 Å². The maximum atomic E-state index is 4.31. The van der Waals surface area contributed by atoms with E-state index in [1.807, 2.05) is 23.8 Å². The van der Waals surface area contributed by atoms with Crippen molar-refractivity contribution in [2.45, 2.75) is 19.8 Å². The number of aryl methyl sites for hydroxylation is 1. The van der Waals surface area contributed by atoms with E-state index in [2.05, 4.69) is 35.2 Å². The van der Waals surface area contributed by atoms with Gasteiger partial charge in [0.2, 0.25) is 0 Å². The van der Waals surface area contributed by atoms with Crippen LogP contribution in [0.5, 0.6) is 0 Å². The van der Waals surface area contributed by atoms with Crippen LogP contribution < -0.4 is 5.32 Å². The standard InChI is InChI=1S/C12H15N3S/c1-9-4-3-5-13-11(9)15-8-10(2)12-14-6-7-16-12/h3-7,10H,8H2,1-2H3,(H,13,15). The van der Waals surface area contributed by atoms with E-state index in [0.29, 0.717) is 5.92 Å². The van der Waals surface area contributed by atoms with Crippen LogP contribution in [0, 0.1) is 6.92 Å². The number of thiazole rings is 1. The van der Waals surface area contributed by atoms with E-state index >= 15 is 0 Å². The molecule has 0 bridgehead atoms. The Hall–Kier alpha value is -1.42. The highest BCUT2D eigenvalue weighted by Gasteiger charge is 2.08. The Labute approximate surface area is 99.6 Å². The molecule has 2 heterocycles. The first-order valence-electron chi connectivity index (χ1n) is 5.32. The summed E-state index contributed by atoms with van der Waals surface area (Å²) in [7, 11) is 0. The van der Waals surface area contributed by atoms with E-state index in [9.17, 15) is 0 Å². The third-order valence-corrected chi connectivity index (χ3v) is 3.47. The van der Waals surface area contributed by atoms with Crippen LogP contribution in [0.1, 0.15) is 23.4 Å². The molecule has 3 nitrogen and oxygen atoms in total. The number of anilines is 1. The van der Waals surface area contributed by atoms with Crippen molar-refractivity contribution < 1.29 is 0 Å². The summed E-state index contributed by atoms with van der Waals surface area (Å²) in [5, 5.41) is 6.54. The van der Waals surface area contributed by atoms with E-state index in [0.717, 1.165) is 12.4 Å². The lowest BCUT2D eigenvalue weighted by Crippen LogP contribution is -2.11. The van der Waals surface area contributed by atoms with Crippen molar-refractivity contribution in [2.24, 2.45) is 0 Å². The summed E-state index contributed by atoms with van der Waals surface area (Å²) < 4.78 is 0. The highest BCUT2D eigenvalue weighted by molar-refractivity contribution is 7.09. The molecule has 1 atom stereocenters. The zero-order chi connectivity index (χ0) is 11.4. The molecule has 0 aliphatic heterocycles. The lowest BCUT2D eigenvalue weighted by Gasteiger charge is -2.11. The highest BCUT2D eigenvalue weighted by atomic mass is 32.1. The van der Waals surface area contributed by atoms with E-state index in [1.54, 1.807) is 11.3 Å². The number of hydrogen-bond donors (Lipinski definition) is 1. The van der Waals surface area contributed by atoms with Crippen LogP contribution in [-0.4, -0.2) is 16.5 Å². The molecule has 0 aliphatic rings. The van der Waals surface area contributed by atoms with Crippen LogP contribution >= 0.6 is 11.3 Å². The van der Waals surface area contributed by atoms with E-state index < -0.39 is 0 Å². The number of rotatable bonds is 4. The fourth-order valence-electron chi connectivity index (χ4n) is 1.49. The second-order valence-corrected chi connectivity index (χ2v) is 4.75. The molecule has 0 aromatic carbocycles. The van der Waals surface area contributed by atoms with Crippen molar-refractivity contribution in [3.8, 4) is 0 Å². The summed E-state index contributed by atoms with van der Waals surface area (Å²) in [6.45, 7) is 5.10. The molecule has 0 spiro atoms. The van der Waals surface area contributed by atoms with Gasteiger partial charge in [-0.3, -0.25) is 0 Å². The van der Waals surface area contributed by atoms with Gasteiger partial charge in [-0.25, -0.2) is 9.97 Å². The number of aromatic nitrogens is 2. The van der Waals surface area contributed by atoms with Crippen molar-refractivity contribution in [3.05, 3.63) is 40.5 Å². The first-order valence-corrected chi connectivity index (χ1v) is 6.20. The molecule has 84 valence electrons. The average Bonchev–Trinajstić information content (AvgIpc) is 2.81. The minimum atomic E-state index is 0.418. The fraction of sp³-hybridized carbons (Fsp3) is 0.333. The summed E-state index contributed by atoms with van der Waals surface area (Å²) in [6.07, 6.45) is 3.66. The van der Waals surface area contributed by atoms with Gasteiger partial charge in [0.1, 0.15) is 5.82 Å². The van der Waals surface area contributed by atoms with E-state index in [1.165, 1.54) is 10.6 Å². The second-order valence-electron chi connectivity index (χ2n) is 3.82. The topological polar surface area (TPSA) is 37.8 Å². The minimum absolute atomic E-state index is 0.418. The molecular formula is C12H15N3S. The Bertz CT molecular complexity index is 439. The van der Waals surface area contributed by atoms with Crippen molar-refractivity contribution in [1.29, 1.82) is 0 Å². The third-order valence-electron chi connectivity index (χ3n) is 2.46. The van der Waals surface area contributed by atoms with Gasteiger partial charge in [-0.1, -0.05) is 13.0 Å². The van der Waals surface area contributed by atoms with Gasteiger partial charge >= 0.3 is 0 Å². The molecule has 2 aromatic heterocycles. The normalized spacial score (nSPS) is 12.4. The molecule has 1 N–H and O–H groups in total. The molecule has 16 heavy (non-hydrogen) atoms. The van der Waals surface area contributed by atoms with Gasteiger partial charge in [-0.15, -0.1) is 11.3 Å². The van der Waals surface area contributed by atoms with Gasteiger partial charge in [-0.05, 0) is 18.6 Å². The van der Waals surface area contributed by atoms with Crippen LogP contribution in [0.3, 0.4) is 0 Å². The van der Waals surface area contributed by atoms with Crippen molar-refractivity contribution >= 4 is 17.2 Å². The molecule has 0 saturated heterocycles. The van der Waals surface area contributed by atoms with E-state index in [-0.39, 0.29) is 0 Å². The second kappa shape index (κ2) is 5.07. The molecule has 1 unspecified atom stereocenters. The highest BCUT2D eigenvalue weighted by Crippen LogP contribution is 2.18. The summed E-state index contributed by atoms with van der Waals surface area (Å²) in [4.78, 5) is 8.61. The van der Waals surface area contributed by atoms with Crippen LogP contribution in [-0.2, 0) is 0 Å². The maximum absolute atomic E-state index is 4.31. The first kappa shape index (κ1) is 11.1. The van der Waals surface area contributed by atoms with Crippen molar-refractivity contribution in [2.75, 3.05) is 11.9 Å². The Morgan fingerprint density at radius 1 is 1.38 bits per heavy atom. The largest absolute Gasteiger partial charge is 0.369 e. The monoisotopic (exact) mass is 233 g/mol. The Morgan fingerprint density at radius 3 is 2.94 bits per heavy atom. The number of pyridine rings is 1. The molecule has 2 aromatic rings. The Kier molecular flexibility index (Phi) is 3.51. The van der Waals surface area contributed by atoms with Gasteiger partial charge in [0, 0.05) is 30.2 Å². The van der Waals surface area contributed by atoms with Gasteiger partial charge < -0.3 is 5.32 Å². The zero-order valence-electron chi connectivity index (χ0n) is 9.47. The first-order chi connectivity index (χ1) is 7.77. The summed E-state index contributed by atoms with van der Waals surface area (Å²) >= 11 is 1.70. The molecular weight excluding hydrogens is 218 g/mol. The summed E-state index contributed by atoms with van der Waals surface area (Å²) in [6, 6.07) is 4.01. The summed E-state index contributed by atoms with van der Waals surface area (Å²) in [5.41, 5.74) is 1.17. The average molecular weight is 233 g/mol. The van der Waals surface area contributed by atoms with Crippen LogP contribution in [0.25, 0.3) is 0 Å². The summed E-state index contributed by atoms with van der Waals surface area (Å²) in [5.74, 6) is 1.38. The number of hydrogen-bond acceptors (Lipinski definition) is 4. The molecule has 0 radical (unpaired) electrons. The smallest absolute Gasteiger partial charge is 0.128 e. The SMILES string of the molecule is Cc1cccnc1NCC(C)c1nccs1. The third kappa shape index (κ3) is 2.58. The van der Waals surface area contributed by atoms with Crippen LogP contribution in [0.15, 0.2) is 29.9 Å².